The number of hydrogen-bond acceptors (Lipinski definition) is 6. The summed E-state index contributed by atoms with van der Waals surface area (Å²) in [6.45, 7) is 0.558. The minimum atomic E-state index is 0.0831. The number of nitrogens with one attached hydrogen (secondary N) is 2. The average molecular weight is 433 g/mol. The van der Waals surface area contributed by atoms with Gasteiger partial charge in [-0.3, -0.25) is 4.79 Å². The van der Waals surface area contributed by atoms with Crippen LogP contribution in [0.3, 0.4) is 0 Å². The Morgan fingerprint density at radius 2 is 1.94 bits per heavy atom. The minimum Gasteiger partial charge on any atom is -0.493 e. The summed E-state index contributed by atoms with van der Waals surface area (Å²) in [4.78, 5) is 20.0. The average Bonchev–Trinajstić information content (AvgIpc) is 2.83. The van der Waals surface area contributed by atoms with Crippen LogP contribution < -0.4 is 20.1 Å². The largest absolute Gasteiger partial charge is 0.493 e. The molecule has 0 bridgehead atoms. The summed E-state index contributed by atoms with van der Waals surface area (Å²) in [5, 5.41) is 6.77. The van der Waals surface area contributed by atoms with E-state index in [1.165, 1.54) is 6.33 Å². The third-order valence-electron chi connectivity index (χ3n) is 5.05. The van der Waals surface area contributed by atoms with Crippen molar-refractivity contribution in [1.29, 1.82) is 0 Å². The topological polar surface area (TPSA) is 85.4 Å². The number of carbonyl (C=O) groups excluding carboxylic acids is 1. The zero-order chi connectivity index (χ0) is 22.8. The molecule has 0 fully saturated rings. The highest BCUT2D eigenvalue weighted by Crippen LogP contribution is 2.35. The molecule has 2 aromatic carbocycles. The Morgan fingerprint density at radius 1 is 1.09 bits per heavy atom. The van der Waals surface area contributed by atoms with Gasteiger partial charge in [0.1, 0.15) is 12.1 Å². The molecule has 1 aromatic heterocycles. The summed E-state index contributed by atoms with van der Waals surface area (Å²) in [5.74, 6) is 4.64. The lowest BCUT2D eigenvalue weighted by atomic mass is 10.1. The van der Waals surface area contributed by atoms with Crippen molar-refractivity contribution >= 4 is 28.3 Å². The molecule has 0 unspecified atom stereocenters. The van der Waals surface area contributed by atoms with Gasteiger partial charge in [0, 0.05) is 36.2 Å². The summed E-state index contributed by atoms with van der Waals surface area (Å²) in [5.41, 5.74) is 2.37. The fraction of sp³-hybridized carbons (Fsp3) is 0.320. The van der Waals surface area contributed by atoms with Crippen molar-refractivity contribution in [3.8, 4) is 23.8 Å². The molecule has 0 aliphatic carbocycles. The molecule has 0 saturated carbocycles. The summed E-state index contributed by atoms with van der Waals surface area (Å²) in [7, 11) is 3.27. The predicted molar refractivity (Wildman–Crippen MR) is 126 cm³/mol. The summed E-state index contributed by atoms with van der Waals surface area (Å²) >= 11 is 0. The van der Waals surface area contributed by atoms with Crippen LogP contribution in [0, 0.1) is 12.3 Å². The van der Waals surface area contributed by atoms with Crippen LogP contribution in [0.4, 0.5) is 11.5 Å². The van der Waals surface area contributed by atoms with Crippen molar-refractivity contribution in [2.45, 2.75) is 32.1 Å². The van der Waals surface area contributed by atoms with Gasteiger partial charge in [-0.25, -0.2) is 9.97 Å². The summed E-state index contributed by atoms with van der Waals surface area (Å²) in [6.07, 6.45) is 11.3. The SMILES string of the molecule is C#Cc1cccc(Nc2ncnc3cc(OC)c(OCCCCCCC(=O)NC)cc23)c1. The van der Waals surface area contributed by atoms with Crippen LogP contribution in [-0.4, -0.2) is 36.6 Å². The zero-order valence-electron chi connectivity index (χ0n) is 18.5. The molecule has 3 aromatic rings. The molecule has 0 aliphatic heterocycles. The number of hydrogen-bond donors (Lipinski definition) is 2. The second kappa shape index (κ2) is 11.6. The van der Waals surface area contributed by atoms with Gasteiger partial charge in [0.15, 0.2) is 11.5 Å². The number of amides is 1. The minimum absolute atomic E-state index is 0.0831. The number of ether oxygens (including phenoxy) is 2. The Labute approximate surface area is 188 Å². The number of fused-ring (bicyclic) bond motifs is 1. The molecular formula is C25H28N4O3. The third-order valence-corrected chi connectivity index (χ3v) is 5.05. The van der Waals surface area contributed by atoms with Gasteiger partial charge in [0.2, 0.25) is 5.91 Å². The molecule has 0 spiro atoms. The maximum atomic E-state index is 11.3. The molecule has 1 amide bonds. The van der Waals surface area contributed by atoms with Crippen molar-refractivity contribution in [1.82, 2.24) is 15.3 Å². The predicted octanol–water partition coefficient (Wildman–Crippen LogP) is 4.44. The molecule has 1 heterocycles. The number of carbonyl (C=O) groups is 1. The van der Waals surface area contributed by atoms with Crippen LogP contribution in [0.1, 0.15) is 37.7 Å². The Kier molecular flexibility index (Phi) is 8.27. The fourth-order valence-corrected chi connectivity index (χ4v) is 3.31. The van der Waals surface area contributed by atoms with Crippen LogP contribution in [0.25, 0.3) is 10.9 Å². The van der Waals surface area contributed by atoms with Gasteiger partial charge in [0.05, 0.1) is 19.2 Å². The molecule has 2 N–H and O–H groups in total. The number of aromatic nitrogens is 2. The van der Waals surface area contributed by atoms with Crippen LogP contribution in [0.2, 0.25) is 0 Å². The van der Waals surface area contributed by atoms with E-state index in [-0.39, 0.29) is 5.91 Å². The van der Waals surface area contributed by atoms with E-state index >= 15 is 0 Å². The first kappa shape index (κ1) is 22.9. The van der Waals surface area contributed by atoms with Crippen molar-refractivity contribution in [3.63, 3.8) is 0 Å². The lowest BCUT2D eigenvalue weighted by Crippen LogP contribution is -2.16. The highest BCUT2D eigenvalue weighted by atomic mass is 16.5. The van der Waals surface area contributed by atoms with Crippen molar-refractivity contribution in [2.24, 2.45) is 0 Å². The first-order chi connectivity index (χ1) is 15.6. The Hall–Kier alpha value is -3.79. The van der Waals surface area contributed by atoms with E-state index in [1.807, 2.05) is 36.4 Å². The Bertz CT molecular complexity index is 1110. The lowest BCUT2D eigenvalue weighted by Gasteiger charge is -2.14. The molecular weight excluding hydrogens is 404 g/mol. The highest BCUT2D eigenvalue weighted by Gasteiger charge is 2.12. The number of unbranched alkanes of at least 4 members (excludes halogenated alkanes) is 3. The Morgan fingerprint density at radius 3 is 2.72 bits per heavy atom. The molecule has 3 rings (SSSR count). The van der Waals surface area contributed by atoms with Gasteiger partial charge in [-0.15, -0.1) is 6.42 Å². The van der Waals surface area contributed by atoms with Gasteiger partial charge >= 0.3 is 0 Å². The van der Waals surface area contributed by atoms with E-state index in [0.29, 0.717) is 30.3 Å². The van der Waals surface area contributed by atoms with Crippen LogP contribution >= 0.6 is 0 Å². The van der Waals surface area contributed by atoms with Crippen LogP contribution in [0.5, 0.6) is 11.5 Å². The maximum Gasteiger partial charge on any atom is 0.219 e. The van der Waals surface area contributed by atoms with E-state index in [0.717, 1.165) is 47.8 Å². The van der Waals surface area contributed by atoms with E-state index in [2.05, 4.69) is 26.5 Å². The third kappa shape index (κ3) is 6.11. The zero-order valence-corrected chi connectivity index (χ0v) is 18.5. The number of terminal acetylenes is 1. The van der Waals surface area contributed by atoms with Gasteiger partial charge in [-0.05, 0) is 37.1 Å². The number of methoxy groups -OCH3 is 1. The number of benzene rings is 2. The van der Waals surface area contributed by atoms with E-state index in [9.17, 15) is 4.79 Å². The lowest BCUT2D eigenvalue weighted by molar-refractivity contribution is -0.120. The molecule has 32 heavy (non-hydrogen) atoms. The second-order valence-corrected chi connectivity index (χ2v) is 7.28. The van der Waals surface area contributed by atoms with Crippen molar-refractivity contribution in [3.05, 3.63) is 48.3 Å². The van der Waals surface area contributed by atoms with Gasteiger partial charge in [-0.1, -0.05) is 24.8 Å². The highest BCUT2D eigenvalue weighted by molar-refractivity contribution is 5.93. The summed E-state index contributed by atoms with van der Waals surface area (Å²) < 4.78 is 11.5. The van der Waals surface area contributed by atoms with E-state index in [1.54, 1.807) is 14.2 Å². The molecule has 0 radical (unpaired) electrons. The monoisotopic (exact) mass is 432 g/mol. The fourth-order valence-electron chi connectivity index (χ4n) is 3.31. The molecule has 0 saturated heterocycles. The van der Waals surface area contributed by atoms with Crippen molar-refractivity contribution in [2.75, 3.05) is 26.1 Å². The van der Waals surface area contributed by atoms with Gasteiger partial charge < -0.3 is 20.1 Å². The smallest absolute Gasteiger partial charge is 0.219 e. The quantitative estimate of drug-likeness (QED) is 0.344. The van der Waals surface area contributed by atoms with Crippen molar-refractivity contribution < 1.29 is 14.3 Å². The number of anilines is 2. The molecule has 166 valence electrons. The van der Waals surface area contributed by atoms with E-state index < -0.39 is 0 Å². The molecule has 7 heteroatoms. The second-order valence-electron chi connectivity index (χ2n) is 7.28. The first-order valence-corrected chi connectivity index (χ1v) is 10.6. The van der Waals surface area contributed by atoms with E-state index in [4.69, 9.17) is 15.9 Å². The maximum absolute atomic E-state index is 11.3. The number of nitrogens with zero attached hydrogens (tertiary/aromatic N) is 2. The number of rotatable bonds is 11. The standard InChI is InChI=1S/C25H28N4O3/c1-4-18-10-9-11-19(14-18)29-25-20-15-23(22(31-3)16-21(20)27-17-28-25)32-13-8-6-5-7-12-24(30)26-2/h1,9-11,14-17H,5-8,12-13H2,2-3H3,(H,26,30)(H,27,28,29). The van der Waals surface area contributed by atoms with Crippen LogP contribution in [-0.2, 0) is 4.79 Å². The molecule has 0 aliphatic rings. The molecule has 0 atom stereocenters. The Balaban J connectivity index is 1.69. The van der Waals surface area contributed by atoms with Gasteiger partial charge in [0.25, 0.3) is 0 Å². The molecule has 7 nitrogen and oxygen atoms in total. The normalized spacial score (nSPS) is 10.4. The van der Waals surface area contributed by atoms with Gasteiger partial charge in [-0.2, -0.15) is 0 Å². The summed E-state index contributed by atoms with van der Waals surface area (Å²) in [6, 6.07) is 11.3. The van der Waals surface area contributed by atoms with Crippen LogP contribution in [0.15, 0.2) is 42.7 Å². The first-order valence-electron chi connectivity index (χ1n) is 10.6.